The fourth-order valence-electron chi connectivity index (χ4n) is 4.85. The lowest BCUT2D eigenvalue weighted by atomic mass is 9.94. The molecular formula is C25H26Cl2FN5O2. The van der Waals surface area contributed by atoms with E-state index < -0.39 is 11.9 Å². The summed E-state index contributed by atoms with van der Waals surface area (Å²) in [5.41, 5.74) is 2.21. The Hall–Kier alpha value is -2.84. The van der Waals surface area contributed by atoms with Crippen LogP contribution < -0.4 is 9.64 Å². The number of amides is 1. The minimum Gasteiger partial charge on any atom is -0.481 e. The largest absolute Gasteiger partial charge is 0.481 e. The fraction of sp³-hybridized carbons (Fsp3) is 0.400. The maximum absolute atomic E-state index is 15.2. The summed E-state index contributed by atoms with van der Waals surface area (Å²) < 4.78 is 23.1. The fourth-order valence-corrected chi connectivity index (χ4v) is 5.22. The van der Waals surface area contributed by atoms with Crippen molar-refractivity contribution in [3.63, 3.8) is 0 Å². The highest BCUT2D eigenvalue weighted by molar-refractivity contribution is 6.31. The lowest BCUT2D eigenvalue weighted by Crippen LogP contribution is -2.44. The van der Waals surface area contributed by atoms with Crippen LogP contribution in [0.1, 0.15) is 41.7 Å². The number of pyridine rings is 1. The Kier molecular flexibility index (Phi) is 6.59. The second-order valence-electron chi connectivity index (χ2n) is 9.02. The molecule has 0 spiro atoms. The molecule has 0 radical (unpaired) electrons. The predicted octanol–water partition coefficient (Wildman–Crippen LogP) is 4.68. The quantitative estimate of drug-likeness (QED) is 0.459. The summed E-state index contributed by atoms with van der Waals surface area (Å²) in [7, 11) is 3.72. The van der Waals surface area contributed by atoms with Crippen molar-refractivity contribution in [1.29, 1.82) is 0 Å². The van der Waals surface area contributed by atoms with Crippen molar-refractivity contribution >= 4 is 34.9 Å². The van der Waals surface area contributed by atoms with Gasteiger partial charge in [0.05, 0.1) is 11.4 Å². The number of hydrogen-bond acceptors (Lipinski definition) is 5. The van der Waals surface area contributed by atoms with E-state index in [-0.39, 0.29) is 17.7 Å². The van der Waals surface area contributed by atoms with Gasteiger partial charge in [0, 0.05) is 50.6 Å². The summed E-state index contributed by atoms with van der Waals surface area (Å²) in [5, 5.41) is 0.484. The van der Waals surface area contributed by atoms with E-state index in [0.29, 0.717) is 35.1 Å². The zero-order valence-corrected chi connectivity index (χ0v) is 21.1. The van der Waals surface area contributed by atoms with Crippen molar-refractivity contribution in [2.75, 3.05) is 32.1 Å². The Morgan fingerprint density at radius 3 is 2.71 bits per heavy atom. The molecule has 0 saturated heterocycles. The number of rotatable bonds is 5. The van der Waals surface area contributed by atoms with Crippen LogP contribution in [0, 0.1) is 5.82 Å². The molecule has 4 heterocycles. The van der Waals surface area contributed by atoms with Crippen molar-refractivity contribution in [2.24, 2.45) is 0 Å². The van der Waals surface area contributed by atoms with Gasteiger partial charge in [0.25, 0.3) is 5.91 Å². The standard InChI is InChI=1S/C25H26Cl2FN5O2/c1-31(2)20-9-8-19(25(27)30-20)35-14-22(34)33-12-10-18-24(32-11-4-3-5-21(32)29-18)23(33)16-7-6-15(26)13-17(16)28/h6-9,13,23H,3-5,10-12,14H2,1-2H3. The van der Waals surface area contributed by atoms with Crippen LogP contribution in [0.3, 0.4) is 0 Å². The highest BCUT2D eigenvalue weighted by atomic mass is 35.5. The summed E-state index contributed by atoms with van der Waals surface area (Å²) in [6, 6.07) is 7.44. The molecule has 1 aromatic carbocycles. The SMILES string of the molecule is CN(C)c1ccc(OCC(=O)N2CCc3nc4n(c3C2c2ccc(Cl)cc2F)CCCC4)c(Cl)n1. The summed E-state index contributed by atoms with van der Waals surface area (Å²) in [6.45, 7) is 0.968. The highest BCUT2D eigenvalue weighted by Gasteiger charge is 2.38. The van der Waals surface area contributed by atoms with Crippen LogP contribution in [0.15, 0.2) is 30.3 Å². The van der Waals surface area contributed by atoms with E-state index in [1.54, 1.807) is 29.2 Å². The van der Waals surface area contributed by atoms with Gasteiger partial charge < -0.3 is 19.1 Å². The number of aryl methyl sites for hydroxylation is 1. The van der Waals surface area contributed by atoms with Crippen molar-refractivity contribution in [1.82, 2.24) is 19.4 Å². The molecule has 2 aliphatic heterocycles. The number of halogens is 3. The van der Waals surface area contributed by atoms with Crippen LogP contribution in [-0.2, 0) is 24.2 Å². The molecule has 0 fully saturated rings. The van der Waals surface area contributed by atoms with E-state index in [0.717, 1.165) is 43.0 Å². The van der Waals surface area contributed by atoms with Crippen molar-refractivity contribution in [3.05, 3.63) is 69.1 Å². The van der Waals surface area contributed by atoms with Crippen molar-refractivity contribution < 1.29 is 13.9 Å². The first-order chi connectivity index (χ1) is 16.8. The van der Waals surface area contributed by atoms with Gasteiger partial charge in [-0.3, -0.25) is 4.79 Å². The molecule has 35 heavy (non-hydrogen) atoms. The van der Waals surface area contributed by atoms with Crippen LogP contribution >= 0.6 is 23.2 Å². The van der Waals surface area contributed by atoms with Crippen molar-refractivity contribution in [2.45, 2.75) is 38.3 Å². The third-order valence-corrected chi connectivity index (χ3v) is 7.05. The number of ether oxygens (including phenoxy) is 1. The molecule has 5 rings (SSSR count). The first kappa shape index (κ1) is 23.9. The van der Waals surface area contributed by atoms with Crippen LogP contribution in [0.4, 0.5) is 10.2 Å². The topological polar surface area (TPSA) is 63.5 Å². The number of anilines is 1. The minimum atomic E-state index is -0.615. The van der Waals surface area contributed by atoms with Crippen LogP contribution in [0.25, 0.3) is 0 Å². The van der Waals surface area contributed by atoms with E-state index in [2.05, 4.69) is 9.55 Å². The Bertz CT molecular complexity index is 1280. The van der Waals surface area contributed by atoms with Gasteiger partial charge in [0.15, 0.2) is 17.5 Å². The normalized spacial score (nSPS) is 17.1. The zero-order valence-electron chi connectivity index (χ0n) is 19.6. The van der Waals surface area contributed by atoms with Gasteiger partial charge in [-0.2, -0.15) is 0 Å². The lowest BCUT2D eigenvalue weighted by Gasteiger charge is -2.37. The van der Waals surface area contributed by atoms with E-state index in [4.69, 9.17) is 32.9 Å². The van der Waals surface area contributed by atoms with E-state index in [1.165, 1.54) is 6.07 Å². The zero-order chi connectivity index (χ0) is 24.7. The monoisotopic (exact) mass is 517 g/mol. The summed E-state index contributed by atoms with van der Waals surface area (Å²) >= 11 is 12.3. The molecule has 2 aromatic heterocycles. The number of nitrogens with zero attached hydrogens (tertiary/aromatic N) is 5. The van der Waals surface area contributed by atoms with Crippen molar-refractivity contribution in [3.8, 4) is 5.75 Å². The van der Waals surface area contributed by atoms with Crippen LogP contribution in [0.2, 0.25) is 10.2 Å². The minimum absolute atomic E-state index is 0.176. The Morgan fingerprint density at radius 1 is 1.14 bits per heavy atom. The highest BCUT2D eigenvalue weighted by Crippen LogP contribution is 2.39. The molecule has 0 saturated carbocycles. The van der Waals surface area contributed by atoms with Gasteiger partial charge in [-0.05, 0) is 37.1 Å². The third-order valence-electron chi connectivity index (χ3n) is 6.54. The third kappa shape index (κ3) is 4.57. The number of aromatic nitrogens is 3. The Labute approximate surface area is 213 Å². The first-order valence-electron chi connectivity index (χ1n) is 11.6. The van der Waals surface area contributed by atoms with Crippen LogP contribution in [-0.4, -0.2) is 52.6 Å². The van der Waals surface area contributed by atoms with Gasteiger partial charge in [0.1, 0.15) is 23.5 Å². The predicted molar refractivity (Wildman–Crippen MR) is 133 cm³/mol. The maximum atomic E-state index is 15.2. The molecule has 0 aliphatic carbocycles. The molecule has 1 unspecified atom stereocenters. The summed E-state index contributed by atoms with van der Waals surface area (Å²) in [4.78, 5) is 26.1. The molecule has 0 bridgehead atoms. The number of carbonyl (C=O) groups excluding carboxylic acids is 1. The van der Waals surface area contributed by atoms with Gasteiger partial charge in [0.2, 0.25) is 0 Å². The number of hydrogen-bond donors (Lipinski definition) is 0. The van der Waals surface area contributed by atoms with E-state index in [9.17, 15) is 4.79 Å². The number of benzene rings is 1. The second kappa shape index (κ2) is 9.66. The van der Waals surface area contributed by atoms with Gasteiger partial charge in [-0.15, -0.1) is 0 Å². The Balaban J connectivity index is 1.47. The molecule has 3 aromatic rings. The van der Waals surface area contributed by atoms with Gasteiger partial charge >= 0.3 is 0 Å². The van der Waals surface area contributed by atoms with E-state index >= 15 is 4.39 Å². The first-order valence-corrected chi connectivity index (χ1v) is 12.4. The summed E-state index contributed by atoms with van der Waals surface area (Å²) in [6.07, 6.45) is 3.59. The molecule has 0 N–H and O–H groups in total. The van der Waals surface area contributed by atoms with Gasteiger partial charge in [-0.25, -0.2) is 14.4 Å². The average molecular weight is 518 g/mol. The molecular weight excluding hydrogens is 492 g/mol. The lowest BCUT2D eigenvalue weighted by molar-refractivity contribution is -0.135. The van der Waals surface area contributed by atoms with Crippen LogP contribution in [0.5, 0.6) is 5.75 Å². The summed E-state index contributed by atoms with van der Waals surface area (Å²) in [5.74, 6) is 1.28. The Morgan fingerprint density at radius 2 is 1.97 bits per heavy atom. The molecule has 184 valence electrons. The molecule has 10 heteroatoms. The maximum Gasteiger partial charge on any atom is 0.261 e. The molecule has 1 amide bonds. The number of imidazole rings is 1. The molecule has 2 aliphatic rings. The van der Waals surface area contributed by atoms with Gasteiger partial charge in [-0.1, -0.05) is 29.3 Å². The average Bonchev–Trinajstić information content (AvgIpc) is 3.21. The number of carbonyl (C=O) groups is 1. The second-order valence-corrected chi connectivity index (χ2v) is 9.81. The number of fused-ring (bicyclic) bond motifs is 3. The van der Waals surface area contributed by atoms with E-state index in [1.807, 2.05) is 19.0 Å². The molecule has 1 atom stereocenters. The molecule has 7 nitrogen and oxygen atoms in total. The smallest absolute Gasteiger partial charge is 0.261 e.